The van der Waals surface area contributed by atoms with E-state index in [1.165, 1.54) is 11.8 Å². The molecule has 9 nitrogen and oxygen atoms in total. The van der Waals surface area contributed by atoms with Gasteiger partial charge < -0.3 is 14.2 Å². The molecule has 1 aromatic rings. The zero-order chi connectivity index (χ0) is 18.9. The fourth-order valence-electron chi connectivity index (χ4n) is 2.68. The lowest BCUT2D eigenvalue weighted by atomic mass is 10.2. The molecule has 3 amide bonds. The van der Waals surface area contributed by atoms with Crippen molar-refractivity contribution < 1.29 is 19.1 Å². The van der Waals surface area contributed by atoms with Crippen molar-refractivity contribution in [1.82, 2.24) is 25.0 Å². The van der Waals surface area contributed by atoms with Crippen molar-refractivity contribution in [3.05, 3.63) is 5.82 Å². The number of amides is 3. The van der Waals surface area contributed by atoms with Crippen LogP contribution in [-0.4, -0.2) is 56.5 Å². The second-order valence-electron chi connectivity index (χ2n) is 5.83. The second kappa shape index (κ2) is 10.1. The molecular formula is C16H25N5O4S. The fourth-order valence-corrected chi connectivity index (χ4v) is 3.51. The van der Waals surface area contributed by atoms with Crippen LogP contribution in [0.15, 0.2) is 5.16 Å². The normalized spacial score (nSPS) is 14.8. The number of nitrogens with one attached hydrogen (secondary N) is 1. The van der Waals surface area contributed by atoms with Crippen LogP contribution in [-0.2, 0) is 27.4 Å². The number of alkyl carbamates (subject to hydrolysis) is 1. The van der Waals surface area contributed by atoms with Crippen LogP contribution in [0.2, 0.25) is 0 Å². The molecule has 0 aliphatic carbocycles. The number of likely N-dealkylation sites (tertiary alicyclic amines) is 1. The molecule has 1 aliphatic rings. The third-order valence-corrected chi connectivity index (χ3v) is 4.93. The SMILES string of the molecule is CCOC(=O)NC(=O)CSc1nnc(CN2CCCCCC2=O)n1CC. The summed E-state index contributed by atoms with van der Waals surface area (Å²) in [5, 5.41) is 11.0. The van der Waals surface area contributed by atoms with E-state index in [0.29, 0.717) is 30.5 Å². The zero-order valence-corrected chi connectivity index (χ0v) is 16.0. The van der Waals surface area contributed by atoms with Crippen molar-refractivity contribution in [2.24, 2.45) is 0 Å². The minimum absolute atomic E-state index is 0.0274. The van der Waals surface area contributed by atoms with Gasteiger partial charge in [0.05, 0.1) is 18.9 Å². The number of ether oxygens (including phenoxy) is 1. The molecule has 1 saturated heterocycles. The van der Waals surface area contributed by atoms with E-state index in [1.807, 2.05) is 16.4 Å². The molecular weight excluding hydrogens is 358 g/mol. The number of rotatable bonds is 7. The van der Waals surface area contributed by atoms with E-state index < -0.39 is 12.0 Å². The number of aromatic nitrogens is 3. The summed E-state index contributed by atoms with van der Waals surface area (Å²) in [6.45, 7) is 5.62. The summed E-state index contributed by atoms with van der Waals surface area (Å²) < 4.78 is 6.56. The topological polar surface area (TPSA) is 106 Å². The number of thioether (sulfide) groups is 1. The predicted octanol–water partition coefficient (Wildman–Crippen LogP) is 1.57. The number of carbonyl (C=O) groups excluding carboxylic acids is 3. The molecule has 0 unspecified atom stereocenters. The first-order valence-electron chi connectivity index (χ1n) is 8.84. The molecule has 0 spiro atoms. The fraction of sp³-hybridized carbons (Fsp3) is 0.688. The van der Waals surface area contributed by atoms with E-state index in [-0.39, 0.29) is 18.3 Å². The quantitative estimate of drug-likeness (QED) is 0.712. The van der Waals surface area contributed by atoms with Gasteiger partial charge in [0.1, 0.15) is 0 Å². The van der Waals surface area contributed by atoms with Gasteiger partial charge in [-0.3, -0.25) is 14.9 Å². The van der Waals surface area contributed by atoms with Crippen molar-refractivity contribution in [3.63, 3.8) is 0 Å². The molecule has 1 fully saturated rings. The van der Waals surface area contributed by atoms with E-state index in [9.17, 15) is 14.4 Å². The highest BCUT2D eigenvalue weighted by Gasteiger charge is 2.21. The first kappa shape index (κ1) is 20.2. The number of imide groups is 1. The summed E-state index contributed by atoms with van der Waals surface area (Å²) in [4.78, 5) is 37.0. The molecule has 0 aromatic carbocycles. The molecule has 0 bridgehead atoms. The van der Waals surface area contributed by atoms with Crippen LogP contribution in [0.25, 0.3) is 0 Å². The molecule has 1 N–H and O–H groups in total. The summed E-state index contributed by atoms with van der Waals surface area (Å²) in [7, 11) is 0. The molecule has 144 valence electrons. The Balaban J connectivity index is 1.95. The van der Waals surface area contributed by atoms with Crippen molar-refractivity contribution in [3.8, 4) is 0 Å². The Kier molecular flexibility index (Phi) is 7.89. The van der Waals surface area contributed by atoms with Gasteiger partial charge in [0.25, 0.3) is 0 Å². The van der Waals surface area contributed by atoms with Crippen LogP contribution >= 0.6 is 11.8 Å². The third kappa shape index (κ3) is 5.72. The van der Waals surface area contributed by atoms with Crippen LogP contribution in [0.3, 0.4) is 0 Å². The first-order valence-corrected chi connectivity index (χ1v) is 9.83. The van der Waals surface area contributed by atoms with Gasteiger partial charge in [0, 0.05) is 19.5 Å². The lowest BCUT2D eigenvalue weighted by molar-refractivity contribution is -0.131. The van der Waals surface area contributed by atoms with E-state index in [1.54, 1.807) is 6.92 Å². The Morgan fingerprint density at radius 3 is 2.77 bits per heavy atom. The monoisotopic (exact) mass is 383 g/mol. The van der Waals surface area contributed by atoms with Crippen molar-refractivity contribution >= 4 is 29.7 Å². The number of nitrogens with zero attached hydrogens (tertiary/aromatic N) is 4. The molecule has 0 saturated carbocycles. The van der Waals surface area contributed by atoms with Crippen molar-refractivity contribution in [2.75, 3.05) is 18.9 Å². The summed E-state index contributed by atoms with van der Waals surface area (Å²) >= 11 is 1.19. The van der Waals surface area contributed by atoms with Gasteiger partial charge in [-0.15, -0.1) is 10.2 Å². The molecule has 1 aromatic heterocycles. The van der Waals surface area contributed by atoms with Crippen LogP contribution < -0.4 is 5.32 Å². The average Bonchev–Trinajstić information content (AvgIpc) is 2.88. The minimum Gasteiger partial charge on any atom is -0.450 e. The lowest BCUT2D eigenvalue weighted by Crippen LogP contribution is -2.32. The van der Waals surface area contributed by atoms with Crippen LogP contribution in [0.1, 0.15) is 45.4 Å². The van der Waals surface area contributed by atoms with E-state index >= 15 is 0 Å². The molecule has 2 rings (SSSR count). The Hall–Kier alpha value is -2.10. The largest absolute Gasteiger partial charge is 0.450 e. The minimum atomic E-state index is -0.754. The predicted molar refractivity (Wildman–Crippen MR) is 95.5 cm³/mol. The summed E-state index contributed by atoms with van der Waals surface area (Å²) in [6.07, 6.45) is 2.83. The van der Waals surface area contributed by atoms with Crippen LogP contribution in [0, 0.1) is 0 Å². The highest BCUT2D eigenvalue weighted by atomic mass is 32.2. The summed E-state index contributed by atoms with van der Waals surface area (Å²) in [5.41, 5.74) is 0. The summed E-state index contributed by atoms with van der Waals surface area (Å²) in [5.74, 6) is 0.426. The van der Waals surface area contributed by atoms with Crippen molar-refractivity contribution in [1.29, 1.82) is 0 Å². The van der Waals surface area contributed by atoms with Gasteiger partial charge in [0.2, 0.25) is 11.8 Å². The van der Waals surface area contributed by atoms with E-state index in [0.717, 1.165) is 25.8 Å². The standard InChI is InChI=1S/C16H25N5O4S/c1-3-21-12(10-20-9-7-5-6-8-14(20)23)18-19-15(21)26-11-13(22)17-16(24)25-4-2/h3-11H2,1-2H3,(H,17,22,24). The number of hydrogen-bond donors (Lipinski definition) is 1. The van der Waals surface area contributed by atoms with E-state index in [2.05, 4.69) is 20.3 Å². The number of hydrogen-bond acceptors (Lipinski definition) is 7. The molecule has 0 atom stereocenters. The maximum atomic E-state index is 12.2. The Morgan fingerprint density at radius 2 is 2.04 bits per heavy atom. The molecule has 2 heterocycles. The van der Waals surface area contributed by atoms with Gasteiger partial charge in [0.15, 0.2) is 11.0 Å². The molecule has 0 radical (unpaired) electrons. The van der Waals surface area contributed by atoms with Gasteiger partial charge in [-0.25, -0.2) is 4.79 Å². The molecule has 26 heavy (non-hydrogen) atoms. The average molecular weight is 383 g/mol. The third-order valence-electron chi connectivity index (χ3n) is 3.96. The molecule has 1 aliphatic heterocycles. The maximum Gasteiger partial charge on any atom is 0.413 e. The smallest absolute Gasteiger partial charge is 0.413 e. The Labute approximate surface area is 156 Å². The highest BCUT2D eigenvalue weighted by molar-refractivity contribution is 7.99. The highest BCUT2D eigenvalue weighted by Crippen LogP contribution is 2.19. The maximum absolute atomic E-state index is 12.2. The first-order chi connectivity index (χ1) is 12.5. The molecule has 10 heteroatoms. The van der Waals surface area contributed by atoms with Gasteiger partial charge in [-0.1, -0.05) is 18.2 Å². The van der Waals surface area contributed by atoms with Crippen LogP contribution in [0.4, 0.5) is 4.79 Å². The van der Waals surface area contributed by atoms with Crippen LogP contribution in [0.5, 0.6) is 0 Å². The Morgan fingerprint density at radius 1 is 1.23 bits per heavy atom. The number of carbonyl (C=O) groups is 3. The lowest BCUT2D eigenvalue weighted by Gasteiger charge is -2.20. The summed E-state index contributed by atoms with van der Waals surface area (Å²) in [6, 6.07) is 0. The van der Waals surface area contributed by atoms with E-state index in [4.69, 9.17) is 0 Å². The zero-order valence-electron chi connectivity index (χ0n) is 15.2. The van der Waals surface area contributed by atoms with Gasteiger partial charge in [-0.05, 0) is 26.7 Å². The van der Waals surface area contributed by atoms with Gasteiger partial charge >= 0.3 is 6.09 Å². The van der Waals surface area contributed by atoms with Crippen molar-refractivity contribution in [2.45, 2.75) is 57.8 Å². The Bertz CT molecular complexity index is 649. The van der Waals surface area contributed by atoms with Gasteiger partial charge in [-0.2, -0.15) is 0 Å². The second-order valence-corrected chi connectivity index (χ2v) is 6.77.